The first kappa shape index (κ1) is 21.8. The highest BCUT2D eigenvalue weighted by Gasteiger charge is 2.28. The van der Waals surface area contributed by atoms with E-state index in [1.54, 1.807) is 0 Å². The van der Waals surface area contributed by atoms with Gasteiger partial charge in [0.2, 0.25) is 10.0 Å². The molecule has 0 atom stereocenters. The lowest BCUT2D eigenvalue weighted by Crippen LogP contribution is -2.38. The van der Waals surface area contributed by atoms with Crippen LogP contribution in [0.3, 0.4) is 0 Å². The summed E-state index contributed by atoms with van der Waals surface area (Å²) in [6.45, 7) is 1.58. The third kappa shape index (κ3) is 5.36. The van der Waals surface area contributed by atoms with Gasteiger partial charge in [-0.1, -0.05) is 0 Å². The molecular formula is C19H26F2N2O5S. The van der Waals surface area contributed by atoms with Crippen molar-refractivity contribution in [2.45, 2.75) is 31.6 Å². The summed E-state index contributed by atoms with van der Waals surface area (Å²) in [6, 6.07) is 2.54. The monoisotopic (exact) mass is 432 g/mol. The van der Waals surface area contributed by atoms with Crippen LogP contribution in [0.4, 0.5) is 13.6 Å². The van der Waals surface area contributed by atoms with Crippen LogP contribution in [0.1, 0.15) is 37.2 Å². The first-order valence-corrected chi connectivity index (χ1v) is 11.5. The van der Waals surface area contributed by atoms with Crippen molar-refractivity contribution >= 4 is 16.1 Å². The lowest BCUT2D eigenvalue weighted by atomic mass is 9.90. The number of carbonyl (C=O) groups is 1. The van der Waals surface area contributed by atoms with E-state index in [1.165, 1.54) is 21.3 Å². The fourth-order valence-corrected chi connectivity index (χ4v) is 4.84. The molecule has 1 aromatic carbocycles. The van der Waals surface area contributed by atoms with Crippen LogP contribution >= 0.6 is 0 Å². The Hall–Kier alpha value is -1.94. The summed E-state index contributed by atoms with van der Waals surface area (Å²) in [5.41, 5.74) is 0.510. The number of benzene rings is 1. The summed E-state index contributed by atoms with van der Waals surface area (Å²) in [4.78, 5) is 12.2. The van der Waals surface area contributed by atoms with Gasteiger partial charge in [-0.15, -0.1) is 0 Å². The maximum atomic E-state index is 14.5. The van der Waals surface area contributed by atoms with Crippen LogP contribution in [0, 0.1) is 17.6 Å². The van der Waals surface area contributed by atoms with Crippen LogP contribution in [0.15, 0.2) is 12.1 Å². The molecule has 162 valence electrons. The molecule has 0 saturated carbocycles. The number of piperidine rings is 2. The Morgan fingerprint density at radius 3 is 2.14 bits per heavy atom. The van der Waals surface area contributed by atoms with Crippen molar-refractivity contribution in [3.8, 4) is 5.75 Å². The number of likely N-dealkylation sites (tertiary alicyclic amines) is 1. The SMILES string of the molecule is CS(=O)(=O)N1CCC(c2cc(F)c(OCC3CCN(C(=O)O)CC3)c(F)c2)CC1. The fourth-order valence-electron chi connectivity index (χ4n) is 3.97. The number of ether oxygens (including phenoxy) is 1. The van der Waals surface area contributed by atoms with Crippen LogP contribution in [0.5, 0.6) is 5.75 Å². The minimum Gasteiger partial charge on any atom is -0.487 e. The van der Waals surface area contributed by atoms with Gasteiger partial charge in [0.25, 0.3) is 0 Å². The maximum absolute atomic E-state index is 14.5. The Kier molecular flexibility index (Phi) is 6.62. The molecule has 0 radical (unpaired) electrons. The van der Waals surface area contributed by atoms with Gasteiger partial charge in [-0.3, -0.25) is 0 Å². The third-order valence-electron chi connectivity index (χ3n) is 5.76. The second-order valence-electron chi connectivity index (χ2n) is 7.77. The summed E-state index contributed by atoms with van der Waals surface area (Å²) < 4.78 is 59.0. The van der Waals surface area contributed by atoms with E-state index < -0.39 is 33.5 Å². The Bertz CT molecular complexity index is 825. The van der Waals surface area contributed by atoms with Gasteiger partial charge in [0, 0.05) is 26.2 Å². The molecule has 2 aliphatic rings. The molecule has 0 spiro atoms. The second kappa shape index (κ2) is 8.83. The van der Waals surface area contributed by atoms with Gasteiger partial charge in [-0.25, -0.2) is 26.3 Å². The Labute approximate surface area is 169 Å². The molecule has 2 aliphatic heterocycles. The summed E-state index contributed by atoms with van der Waals surface area (Å²) in [5, 5.41) is 8.96. The molecule has 1 aromatic rings. The Morgan fingerprint density at radius 1 is 1.10 bits per heavy atom. The first-order valence-electron chi connectivity index (χ1n) is 9.70. The molecule has 2 saturated heterocycles. The number of amides is 1. The first-order chi connectivity index (χ1) is 13.6. The average Bonchev–Trinajstić information content (AvgIpc) is 2.67. The summed E-state index contributed by atoms with van der Waals surface area (Å²) in [7, 11) is -3.25. The minimum absolute atomic E-state index is 0.0457. The number of hydrogen-bond donors (Lipinski definition) is 1. The highest BCUT2D eigenvalue weighted by molar-refractivity contribution is 7.88. The van der Waals surface area contributed by atoms with E-state index in [9.17, 15) is 22.0 Å². The van der Waals surface area contributed by atoms with Gasteiger partial charge < -0.3 is 14.7 Å². The highest BCUT2D eigenvalue weighted by Crippen LogP contribution is 2.33. The molecule has 0 unspecified atom stereocenters. The van der Waals surface area contributed by atoms with Crippen molar-refractivity contribution in [1.82, 2.24) is 9.21 Å². The normalized spacial score (nSPS) is 20.0. The van der Waals surface area contributed by atoms with E-state index >= 15 is 0 Å². The number of sulfonamides is 1. The van der Waals surface area contributed by atoms with Gasteiger partial charge >= 0.3 is 6.09 Å². The zero-order valence-corrected chi connectivity index (χ0v) is 17.1. The molecular weight excluding hydrogens is 406 g/mol. The zero-order valence-electron chi connectivity index (χ0n) is 16.3. The summed E-state index contributed by atoms with van der Waals surface area (Å²) >= 11 is 0. The minimum atomic E-state index is -3.25. The quantitative estimate of drug-likeness (QED) is 0.773. The van der Waals surface area contributed by atoms with Gasteiger partial charge in [0.1, 0.15) is 0 Å². The van der Waals surface area contributed by atoms with Crippen molar-refractivity contribution < 1.29 is 31.8 Å². The number of rotatable bonds is 5. The van der Waals surface area contributed by atoms with E-state index in [0.29, 0.717) is 57.4 Å². The molecule has 1 N–H and O–H groups in total. The van der Waals surface area contributed by atoms with Gasteiger partial charge in [0.15, 0.2) is 17.4 Å². The molecule has 2 fully saturated rings. The zero-order chi connectivity index (χ0) is 21.2. The van der Waals surface area contributed by atoms with Crippen LogP contribution in [0.2, 0.25) is 0 Å². The molecule has 0 aliphatic carbocycles. The van der Waals surface area contributed by atoms with E-state index in [1.807, 2.05) is 0 Å². The maximum Gasteiger partial charge on any atom is 0.407 e. The van der Waals surface area contributed by atoms with Crippen molar-refractivity contribution in [3.63, 3.8) is 0 Å². The second-order valence-corrected chi connectivity index (χ2v) is 9.76. The standard InChI is InChI=1S/C19H26F2N2O5S/c1-29(26,27)23-8-4-14(5-9-23)15-10-16(20)18(17(21)11-15)28-12-13-2-6-22(7-3-13)19(24)25/h10-11,13-14H,2-9,12H2,1H3,(H,24,25). The average molecular weight is 432 g/mol. The van der Waals surface area contributed by atoms with Crippen LogP contribution < -0.4 is 4.74 Å². The molecule has 1 amide bonds. The van der Waals surface area contributed by atoms with Gasteiger partial charge in [-0.2, -0.15) is 0 Å². The lowest BCUT2D eigenvalue weighted by molar-refractivity contribution is 0.110. The van der Waals surface area contributed by atoms with Crippen molar-refractivity contribution in [3.05, 3.63) is 29.3 Å². The number of nitrogens with zero attached hydrogens (tertiary/aromatic N) is 2. The van der Waals surface area contributed by atoms with Crippen LogP contribution in [-0.2, 0) is 10.0 Å². The largest absolute Gasteiger partial charge is 0.487 e. The van der Waals surface area contributed by atoms with E-state index in [-0.39, 0.29) is 18.4 Å². The molecule has 10 heteroatoms. The Balaban J connectivity index is 1.58. The van der Waals surface area contributed by atoms with Crippen molar-refractivity contribution in [2.75, 3.05) is 39.0 Å². The number of hydrogen-bond acceptors (Lipinski definition) is 4. The fraction of sp³-hybridized carbons (Fsp3) is 0.632. The Morgan fingerprint density at radius 2 is 1.66 bits per heavy atom. The topological polar surface area (TPSA) is 87.2 Å². The smallest absolute Gasteiger partial charge is 0.407 e. The van der Waals surface area contributed by atoms with Crippen molar-refractivity contribution in [1.29, 1.82) is 0 Å². The molecule has 29 heavy (non-hydrogen) atoms. The van der Waals surface area contributed by atoms with Crippen LogP contribution in [0.25, 0.3) is 0 Å². The molecule has 0 aromatic heterocycles. The summed E-state index contributed by atoms with van der Waals surface area (Å²) in [5.74, 6) is -2.01. The number of carboxylic acid groups (broad SMARTS) is 1. The number of halogens is 2. The molecule has 7 nitrogen and oxygen atoms in total. The van der Waals surface area contributed by atoms with Gasteiger partial charge in [-0.05, 0) is 55.2 Å². The predicted octanol–water partition coefficient (Wildman–Crippen LogP) is 2.87. The van der Waals surface area contributed by atoms with Crippen LogP contribution in [-0.4, -0.2) is 67.9 Å². The van der Waals surface area contributed by atoms with E-state index in [2.05, 4.69) is 0 Å². The van der Waals surface area contributed by atoms with E-state index in [0.717, 1.165) is 6.26 Å². The molecule has 3 rings (SSSR count). The van der Waals surface area contributed by atoms with Gasteiger partial charge in [0.05, 0.1) is 12.9 Å². The van der Waals surface area contributed by atoms with E-state index in [4.69, 9.17) is 9.84 Å². The molecule has 2 heterocycles. The summed E-state index contributed by atoms with van der Waals surface area (Å²) in [6.07, 6.45) is 2.39. The molecule has 0 bridgehead atoms. The third-order valence-corrected chi connectivity index (χ3v) is 7.07. The predicted molar refractivity (Wildman–Crippen MR) is 103 cm³/mol. The highest BCUT2D eigenvalue weighted by atomic mass is 32.2. The lowest BCUT2D eigenvalue weighted by Gasteiger charge is -2.31. The van der Waals surface area contributed by atoms with Crippen molar-refractivity contribution in [2.24, 2.45) is 5.92 Å².